The van der Waals surface area contributed by atoms with Crippen LogP contribution in [0.15, 0.2) is 49.1 Å². The van der Waals surface area contributed by atoms with Gasteiger partial charge in [0, 0.05) is 24.8 Å². The normalized spacial score (nSPS) is 10.0. The Morgan fingerprint density at radius 3 is 1.42 bits per heavy atom. The van der Waals surface area contributed by atoms with E-state index in [1.165, 1.54) is 0 Å². The van der Waals surface area contributed by atoms with E-state index in [9.17, 15) is 0 Å². The van der Waals surface area contributed by atoms with E-state index >= 15 is 0 Å². The van der Waals surface area contributed by atoms with E-state index in [0.29, 0.717) is 0 Å². The van der Waals surface area contributed by atoms with Crippen LogP contribution in [0.5, 0.6) is 0 Å². The molecule has 0 aromatic carbocycles. The Kier molecular flexibility index (Phi) is 1.80. The highest BCUT2D eigenvalue weighted by Gasteiger charge is 1.97. The fourth-order valence-corrected chi connectivity index (χ4v) is 1.30. The largest absolute Gasteiger partial charge is 0.301 e. The van der Waals surface area contributed by atoms with Crippen LogP contribution < -0.4 is 0 Å². The molecule has 3 heteroatoms. The van der Waals surface area contributed by atoms with Gasteiger partial charge < -0.3 is 9.13 Å². The highest BCUT2D eigenvalue weighted by Crippen LogP contribution is 1.96. The Morgan fingerprint density at radius 1 is 0.750 bits per heavy atom. The maximum atomic E-state index is 5.22. The first-order chi connectivity index (χ1) is 5.88. The molecule has 0 aliphatic heterocycles. The molecular weight excluding hydrogens is 168 g/mol. The van der Waals surface area contributed by atoms with Gasteiger partial charge in [-0.05, 0) is 36.5 Å². The molecule has 2 nitrogen and oxygen atoms in total. The molecule has 2 aromatic rings. The van der Waals surface area contributed by atoms with Crippen molar-refractivity contribution in [1.29, 1.82) is 0 Å². The van der Waals surface area contributed by atoms with Crippen LogP contribution in [0.2, 0.25) is 0 Å². The fourth-order valence-electron chi connectivity index (χ4n) is 1.06. The third kappa shape index (κ3) is 1.19. The summed E-state index contributed by atoms with van der Waals surface area (Å²) >= 11 is 5.22. The standard InChI is InChI=1S/C9H8N2S/c12-9(10-5-1-2-6-10)11-7-3-4-8-11/h1-8H. The molecule has 2 heterocycles. The topological polar surface area (TPSA) is 9.86 Å². The Hall–Kier alpha value is -1.35. The average molecular weight is 176 g/mol. The molecule has 60 valence electrons. The van der Waals surface area contributed by atoms with E-state index in [2.05, 4.69) is 0 Å². The Labute approximate surface area is 76.1 Å². The third-order valence-corrected chi connectivity index (χ3v) is 2.07. The van der Waals surface area contributed by atoms with Crippen LogP contribution in [0, 0.1) is 0 Å². The fraction of sp³-hybridized carbons (Fsp3) is 0. The number of aromatic nitrogens is 2. The summed E-state index contributed by atoms with van der Waals surface area (Å²) in [7, 11) is 0. The summed E-state index contributed by atoms with van der Waals surface area (Å²) in [5.41, 5.74) is 0. The molecule has 0 radical (unpaired) electrons. The summed E-state index contributed by atoms with van der Waals surface area (Å²) in [4.78, 5) is 0. The molecule has 2 aromatic heterocycles. The summed E-state index contributed by atoms with van der Waals surface area (Å²) < 4.78 is 3.80. The van der Waals surface area contributed by atoms with Gasteiger partial charge in [-0.3, -0.25) is 0 Å². The number of hydrogen-bond donors (Lipinski definition) is 0. The van der Waals surface area contributed by atoms with Crippen molar-refractivity contribution in [3.8, 4) is 0 Å². The quantitative estimate of drug-likeness (QED) is 0.558. The van der Waals surface area contributed by atoms with E-state index in [1.807, 2.05) is 58.2 Å². The monoisotopic (exact) mass is 176 g/mol. The lowest BCUT2D eigenvalue weighted by molar-refractivity contribution is 1.05. The minimum absolute atomic E-state index is 0.769. The van der Waals surface area contributed by atoms with Crippen LogP contribution in [0.25, 0.3) is 0 Å². The van der Waals surface area contributed by atoms with E-state index in [0.717, 1.165) is 5.11 Å². The van der Waals surface area contributed by atoms with Crippen molar-refractivity contribution in [3.05, 3.63) is 49.1 Å². The number of hydrogen-bond acceptors (Lipinski definition) is 1. The van der Waals surface area contributed by atoms with E-state index in [4.69, 9.17) is 12.2 Å². The average Bonchev–Trinajstić information content (AvgIpc) is 2.77. The summed E-state index contributed by atoms with van der Waals surface area (Å²) in [6.07, 6.45) is 7.73. The van der Waals surface area contributed by atoms with Crippen molar-refractivity contribution in [3.63, 3.8) is 0 Å². The lowest BCUT2D eigenvalue weighted by atomic mass is 10.7. The number of thiocarbonyl (C=S) groups is 1. The van der Waals surface area contributed by atoms with Gasteiger partial charge in [-0.2, -0.15) is 0 Å². The second kappa shape index (κ2) is 2.95. The second-order valence-corrected chi connectivity index (χ2v) is 2.83. The minimum atomic E-state index is 0.769. The zero-order valence-electron chi connectivity index (χ0n) is 6.42. The van der Waals surface area contributed by atoms with E-state index < -0.39 is 0 Å². The lowest BCUT2D eigenvalue weighted by Crippen LogP contribution is -2.14. The molecule has 0 fully saturated rings. The summed E-state index contributed by atoms with van der Waals surface area (Å²) in [5.74, 6) is 0. The van der Waals surface area contributed by atoms with Crippen molar-refractivity contribution >= 4 is 17.3 Å². The second-order valence-electron chi connectivity index (χ2n) is 2.46. The minimum Gasteiger partial charge on any atom is -0.301 e. The zero-order chi connectivity index (χ0) is 8.39. The van der Waals surface area contributed by atoms with Gasteiger partial charge in [0.15, 0.2) is 5.11 Å². The molecule has 2 rings (SSSR count). The Bertz CT molecular complexity index is 323. The van der Waals surface area contributed by atoms with Crippen LogP contribution in [0.3, 0.4) is 0 Å². The van der Waals surface area contributed by atoms with Gasteiger partial charge in [-0.1, -0.05) is 0 Å². The highest BCUT2D eigenvalue weighted by molar-refractivity contribution is 7.80. The molecular formula is C9H8N2S. The van der Waals surface area contributed by atoms with Crippen LogP contribution in [-0.2, 0) is 0 Å². The van der Waals surface area contributed by atoms with Gasteiger partial charge in [0.25, 0.3) is 0 Å². The molecule has 0 saturated carbocycles. The maximum absolute atomic E-state index is 5.22. The molecule has 12 heavy (non-hydrogen) atoms. The van der Waals surface area contributed by atoms with Crippen molar-refractivity contribution in [2.45, 2.75) is 0 Å². The number of rotatable bonds is 0. The van der Waals surface area contributed by atoms with E-state index in [-0.39, 0.29) is 0 Å². The molecule has 0 spiro atoms. The molecule has 0 atom stereocenters. The Morgan fingerprint density at radius 2 is 1.08 bits per heavy atom. The molecule has 0 amide bonds. The molecule has 0 saturated heterocycles. The third-order valence-electron chi connectivity index (χ3n) is 1.65. The van der Waals surface area contributed by atoms with Crippen molar-refractivity contribution in [2.75, 3.05) is 0 Å². The molecule has 0 aliphatic rings. The first-order valence-corrected chi connectivity index (χ1v) is 4.09. The van der Waals surface area contributed by atoms with Crippen LogP contribution in [-0.4, -0.2) is 14.2 Å². The molecule has 0 unspecified atom stereocenters. The molecule has 0 aliphatic carbocycles. The van der Waals surface area contributed by atoms with Gasteiger partial charge in [0.2, 0.25) is 0 Å². The van der Waals surface area contributed by atoms with Gasteiger partial charge in [-0.25, -0.2) is 0 Å². The van der Waals surface area contributed by atoms with Gasteiger partial charge in [-0.15, -0.1) is 0 Å². The summed E-state index contributed by atoms with van der Waals surface area (Å²) in [6, 6.07) is 7.82. The van der Waals surface area contributed by atoms with Gasteiger partial charge >= 0.3 is 0 Å². The maximum Gasteiger partial charge on any atom is 0.188 e. The van der Waals surface area contributed by atoms with Crippen molar-refractivity contribution in [1.82, 2.24) is 9.13 Å². The first-order valence-electron chi connectivity index (χ1n) is 3.68. The summed E-state index contributed by atoms with van der Waals surface area (Å²) in [5, 5.41) is 0.769. The Balaban J connectivity index is 2.34. The first kappa shape index (κ1) is 7.31. The predicted octanol–water partition coefficient (Wildman–Crippen LogP) is 1.97. The van der Waals surface area contributed by atoms with Crippen molar-refractivity contribution < 1.29 is 0 Å². The van der Waals surface area contributed by atoms with Gasteiger partial charge in [0.1, 0.15) is 0 Å². The smallest absolute Gasteiger partial charge is 0.188 e. The highest BCUT2D eigenvalue weighted by atomic mass is 32.1. The predicted molar refractivity (Wildman–Crippen MR) is 52.3 cm³/mol. The lowest BCUT2D eigenvalue weighted by Gasteiger charge is -2.04. The summed E-state index contributed by atoms with van der Waals surface area (Å²) in [6.45, 7) is 0. The number of nitrogens with zero attached hydrogens (tertiary/aromatic N) is 2. The molecule has 0 N–H and O–H groups in total. The van der Waals surface area contributed by atoms with E-state index in [1.54, 1.807) is 0 Å². The van der Waals surface area contributed by atoms with Crippen LogP contribution >= 0.6 is 12.2 Å². The SMILES string of the molecule is S=C(n1cccc1)n1cccc1. The van der Waals surface area contributed by atoms with Crippen molar-refractivity contribution in [2.24, 2.45) is 0 Å². The van der Waals surface area contributed by atoms with Crippen LogP contribution in [0.1, 0.15) is 0 Å². The molecule has 0 bridgehead atoms. The van der Waals surface area contributed by atoms with Crippen LogP contribution in [0.4, 0.5) is 0 Å². The zero-order valence-corrected chi connectivity index (χ0v) is 7.24. The van der Waals surface area contributed by atoms with Gasteiger partial charge in [0.05, 0.1) is 0 Å².